The van der Waals surface area contributed by atoms with E-state index in [2.05, 4.69) is 10.3 Å². The first-order valence-electron chi connectivity index (χ1n) is 9.14. The van der Waals surface area contributed by atoms with E-state index in [9.17, 15) is 13.6 Å². The van der Waals surface area contributed by atoms with Crippen molar-refractivity contribution in [2.24, 2.45) is 0 Å². The van der Waals surface area contributed by atoms with E-state index in [1.165, 1.54) is 24.3 Å². The smallest absolute Gasteiger partial charge is 0.265 e. The number of carbonyl (C=O) groups excluding carboxylic acids is 1. The number of hydrogen-bond acceptors (Lipinski definition) is 3. The second-order valence-corrected chi connectivity index (χ2v) is 6.75. The van der Waals surface area contributed by atoms with Gasteiger partial charge in [0, 0.05) is 16.5 Å². The second-order valence-electron chi connectivity index (χ2n) is 6.75. The Kier molecular flexibility index (Phi) is 4.95. The predicted octanol–water partition coefficient (Wildman–Crippen LogP) is 5.37. The van der Waals surface area contributed by atoms with E-state index in [1.54, 1.807) is 55.6 Å². The van der Waals surface area contributed by atoms with Crippen LogP contribution in [0.1, 0.15) is 15.9 Å². The quantitative estimate of drug-likeness (QED) is 0.372. The number of nitrogens with one attached hydrogen (secondary N) is 1. The third-order valence-corrected chi connectivity index (χ3v) is 4.93. The number of carbonyl (C=O) groups is 1. The zero-order chi connectivity index (χ0) is 21.3. The molecule has 3 aromatic carbocycles. The van der Waals surface area contributed by atoms with Crippen molar-refractivity contribution < 1.29 is 13.6 Å². The lowest BCUT2D eigenvalue weighted by Crippen LogP contribution is -2.19. The molecule has 0 spiro atoms. The number of nitrogens with zero attached hydrogens (tertiary/aromatic N) is 2. The maximum Gasteiger partial charge on any atom is 0.265 e. The summed E-state index contributed by atoms with van der Waals surface area (Å²) in [6.45, 7) is 1.70. The van der Waals surface area contributed by atoms with E-state index >= 15 is 0 Å². The number of benzene rings is 3. The molecule has 4 rings (SSSR count). The lowest BCUT2D eigenvalue weighted by Gasteiger charge is -2.14. The summed E-state index contributed by atoms with van der Waals surface area (Å²) in [5.74, 6) is -1.45. The van der Waals surface area contributed by atoms with Crippen LogP contribution in [-0.2, 0) is 0 Å². The minimum atomic E-state index is -0.628. The van der Waals surface area contributed by atoms with E-state index in [0.717, 1.165) is 0 Å². The van der Waals surface area contributed by atoms with Gasteiger partial charge in [0.1, 0.15) is 11.6 Å². The molecular formula is C24H15F2N3O. The lowest BCUT2D eigenvalue weighted by molar-refractivity contribution is 0.0974. The van der Waals surface area contributed by atoms with Gasteiger partial charge in [-0.25, -0.2) is 13.8 Å². The molecule has 30 heavy (non-hydrogen) atoms. The normalized spacial score (nSPS) is 10.6. The van der Waals surface area contributed by atoms with Crippen LogP contribution in [0.25, 0.3) is 33.3 Å². The number of nitriles is 1. The minimum absolute atomic E-state index is 0.189. The lowest BCUT2D eigenvalue weighted by atomic mass is 9.95. The van der Waals surface area contributed by atoms with Crippen LogP contribution >= 0.6 is 0 Å². The highest BCUT2D eigenvalue weighted by Crippen LogP contribution is 2.32. The maximum absolute atomic E-state index is 14.1. The molecule has 0 bridgehead atoms. The summed E-state index contributed by atoms with van der Waals surface area (Å²) in [6, 6.07) is 17.6. The third kappa shape index (κ3) is 3.38. The third-order valence-electron chi connectivity index (χ3n) is 4.93. The fourth-order valence-corrected chi connectivity index (χ4v) is 3.52. The van der Waals surface area contributed by atoms with Gasteiger partial charge < -0.3 is 0 Å². The Labute approximate surface area is 171 Å². The highest BCUT2D eigenvalue weighted by atomic mass is 19.1. The van der Waals surface area contributed by atoms with Crippen molar-refractivity contribution in [1.82, 2.24) is 10.3 Å². The number of pyridine rings is 1. The molecule has 0 fully saturated rings. The van der Waals surface area contributed by atoms with Crippen LogP contribution < -0.4 is 5.32 Å². The number of halogens is 2. The van der Waals surface area contributed by atoms with E-state index < -0.39 is 11.7 Å². The largest absolute Gasteiger partial charge is 0.268 e. The molecule has 0 atom stereocenters. The molecule has 1 N–H and O–H groups in total. The van der Waals surface area contributed by atoms with E-state index in [1.807, 2.05) is 0 Å². The van der Waals surface area contributed by atoms with Crippen molar-refractivity contribution in [2.45, 2.75) is 6.92 Å². The SMILES string of the molecule is Cc1c(-c2ccc(-c3ccccc3F)cc2)nc2ccc(F)cc2c1C(=O)NC#N. The highest BCUT2D eigenvalue weighted by molar-refractivity contribution is 6.09. The fourth-order valence-electron chi connectivity index (χ4n) is 3.52. The zero-order valence-electron chi connectivity index (χ0n) is 15.9. The van der Waals surface area contributed by atoms with Crippen LogP contribution in [0.5, 0.6) is 0 Å². The molecule has 1 amide bonds. The van der Waals surface area contributed by atoms with Crippen molar-refractivity contribution >= 4 is 16.8 Å². The van der Waals surface area contributed by atoms with Crippen molar-refractivity contribution in [3.8, 4) is 28.6 Å². The van der Waals surface area contributed by atoms with Crippen LogP contribution in [0.15, 0.2) is 66.7 Å². The standard InChI is InChI=1S/C24H15F2N3O/c1-14-22(24(30)28-13-27)19-12-17(25)10-11-21(19)29-23(14)16-8-6-15(7-9-16)18-4-2-3-5-20(18)26/h2-12H,1H3,(H,28,30). The first kappa shape index (κ1) is 19.2. The highest BCUT2D eigenvalue weighted by Gasteiger charge is 2.19. The van der Waals surface area contributed by atoms with E-state index in [4.69, 9.17) is 5.26 Å². The molecule has 0 saturated carbocycles. The molecule has 0 saturated heterocycles. The van der Waals surface area contributed by atoms with Gasteiger partial charge in [0.2, 0.25) is 0 Å². The summed E-state index contributed by atoms with van der Waals surface area (Å²) in [5.41, 5.74) is 3.56. The van der Waals surface area contributed by atoms with Crippen LogP contribution in [0, 0.1) is 30.0 Å². The van der Waals surface area contributed by atoms with Gasteiger partial charge in [0.05, 0.1) is 16.8 Å². The van der Waals surface area contributed by atoms with Crippen LogP contribution in [0.3, 0.4) is 0 Å². The molecule has 0 aliphatic rings. The molecule has 0 aliphatic carbocycles. The Morgan fingerprint density at radius 2 is 1.70 bits per heavy atom. The first-order valence-corrected chi connectivity index (χ1v) is 9.14. The summed E-state index contributed by atoms with van der Waals surface area (Å²) in [4.78, 5) is 17.1. The van der Waals surface area contributed by atoms with Gasteiger partial charge in [0.15, 0.2) is 6.19 Å². The van der Waals surface area contributed by atoms with Crippen LogP contribution in [0.4, 0.5) is 8.78 Å². The molecule has 4 nitrogen and oxygen atoms in total. The first-order chi connectivity index (χ1) is 14.5. The molecule has 4 aromatic rings. The molecule has 0 aliphatic heterocycles. The van der Waals surface area contributed by atoms with E-state index in [0.29, 0.717) is 38.9 Å². The van der Waals surface area contributed by atoms with Gasteiger partial charge in [-0.1, -0.05) is 42.5 Å². The summed E-state index contributed by atoms with van der Waals surface area (Å²) >= 11 is 0. The number of aromatic nitrogens is 1. The number of hydrogen-bond donors (Lipinski definition) is 1. The second kappa shape index (κ2) is 7.72. The number of fused-ring (bicyclic) bond motifs is 1. The van der Waals surface area contributed by atoms with Crippen molar-refractivity contribution in [2.75, 3.05) is 0 Å². The van der Waals surface area contributed by atoms with Crippen LogP contribution in [0.2, 0.25) is 0 Å². The molecular weight excluding hydrogens is 384 g/mol. The Morgan fingerprint density at radius 1 is 1.00 bits per heavy atom. The molecule has 0 radical (unpaired) electrons. The summed E-state index contributed by atoms with van der Waals surface area (Å²) in [6.07, 6.45) is 1.61. The van der Waals surface area contributed by atoms with Crippen molar-refractivity contribution in [3.05, 3.63) is 89.5 Å². The average molecular weight is 399 g/mol. The van der Waals surface area contributed by atoms with Crippen LogP contribution in [-0.4, -0.2) is 10.9 Å². The average Bonchev–Trinajstić information content (AvgIpc) is 2.74. The number of amides is 1. The van der Waals surface area contributed by atoms with Gasteiger partial charge in [-0.15, -0.1) is 0 Å². The van der Waals surface area contributed by atoms with Gasteiger partial charge in [-0.05, 0) is 42.3 Å². The van der Waals surface area contributed by atoms with E-state index in [-0.39, 0.29) is 11.4 Å². The molecule has 0 unspecified atom stereocenters. The molecule has 1 heterocycles. The molecule has 6 heteroatoms. The Balaban J connectivity index is 1.88. The topological polar surface area (TPSA) is 65.8 Å². The predicted molar refractivity (Wildman–Crippen MR) is 110 cm³/mol. The van der Waals surface area contributed by atoms with Gasteiger partial charge >= 0.3 is 0 Å². The van der Waals surface area contributed by atoms with Gasteiger partial charge in [-0.2, -0.15) is 5.26 Å². The van der Waals surface area contributed by atoms with Crippen molar-refractivity contribution in [3.63, 3.8) is 0 Å². The Morgan fingerprint density at radius 3 is 2.40 bits per heavy atom. The summed E-state index contributed by atoms with van der Waals surface area (Å²) in [7, 11) is 0. The Bertz CT molecular complexity index is 1330. The molecule has 1 aromatic heterocycles. The Hall–Kier alpha value is -4.11. The number of rotatable bonds is 3. The zero-order valence-corrected chi connectivity index (χ0v) is 15.9. The minimum Gasteiger partial charge on any atom is -0.268 e. The maximum atomic E-state index is 14.1. The fraction of sp³-hybridized carbons (Fsp3) is 0.0417. The summed E-state index contributed by atoms with van der Waals surface area (Å²) < 4.78 is 27.9. The van der Waals surface area contributed by atoms with Crippen molar-refractivity contribution in [1.29, 1.82) is 5.26 Å². The van der Waals surface area contributed by atoms with Gasteiger partial charge in [0.25, 0.3) is 5.91 Å². The van der Waals surface area contributed by atoms with Gasteiger partial charge in [-0.3, -0.25) is 10.1 Å². The monoisotopic (exact) mass is 399 g/mol. The summed E-state index contributed by atoms with van der Waals surface area (Å²) in [5, 5.41) is 11.3. The molecule has 146 valence electrons.